The molecule has 96 valence electrons. The lowest BCUT2D eigenvalue weighted by Crippen LogP contribution is -2.09. The Morgan fingerprint density at radius 1 is 1.28 bits per heavy atom. The highest BCUT2D eigenvalue weighted by Crippen LogP contribution is 2.17. The summed E-state index contributed by atoms with van der Waals surface area (Å²) in [5.41, 5.74) is 1.19. The van der Waals surface area contributed by atoms with Crippen molar-refractivity contribution in [2.45, 2.75) is 19.8 Å². The summed E-state index contributed by atoms with van der Waals surface area (Å²) in [6.07, 6.45) is 0.948. The van der Waals surface area contributed by atoms with Crippen LogP contribution in [0.25, 0.3) is 0 Å². The van der Waals surface area contributed by atoms with Gasteiger partial charge in [-0.3, -0.25) is 4.79 Å². The molecule has 2 N–H and O–H groups in total. The lowest BCUT2D eigenvalue weighted by Gasteiger charge is -2.10. The van der Waals surface area contributed by atoms with Gasteiger partial charge in [-0.05, 0) is 29.7 Å². The summed E-state index contributed by atoms with van der Waals surface area (Å²) in [6.45, 7) is 1.72. The van der Waals surface area contributed by atoms with Crippen LogP contribution in [0.2, 0.25) is 0 Å². The van der Waals surface area contributed by atoms with Crippen molar-refractivity contribution < 1.29 is 24.6 Å². The smallest absolute Gasteiger partial charge is 0.335 e. The van der Waals surface area contributed by atoms with E-state index in [1.54, 1.807) is 13.0 Å². The van der Waals surface area contributed by atoms with Gasteiger partial charge in [0.1, 0.15) is 6.29 Å². The fraction of sp³-hybridized carbons (Fsp3) is 0.308. The van der Waals surface area contributed by atoms with Gasteiger partial charge < -0.3 is 15.0 Å². The van der Waals surface area contributed by atoms with Gasteiger partial charge in [-0.25, -0.2) is 4.79 Å². The summed E-state index contributed by atoms with van der Waals surface area (Å²) in [6, 6.07) is 4.34. The minimum atomic E-state index is -1.10. The molecule has 0 aliphatic rings. The highest BCUT2D eigenvalue weighted by atomic mass is 16.4. The molecule has 1 aromatic carbocycles. The van der Waals surface area contributed by atoms with E-state index in [4.69, 9.17) is 10.2 Å². The number of aromatic carboxylic acids is 1. The first-order valence-electron chi connectivity index (χ1n) is 5.46. The number of carbonyl (C=O) groups is 3. The van der Waals surface area contributed by atoms with Gasteiger partial charge in [0.15, 0.2) is 0 Å². The summed E-state index contributed by atoms with van der Waals surface area (Å²) in [7, 11) is 0. The number of carboxylic acid groups (broad SMARTS) is 2. The second kappa shape index (κ2) is 5.95. The fourth-order valence-electron chi connectivity index (χ4n) is 1.68. The van der Waals surface area contributed by atoms with Crippen LogP contribution >= 0.6 is 0 Å². The van der Waals surface area contributed by atoms with Gasteiger partial charge in [-0.1, -0.05) is 13.0 Å². The van der Waals surface area contributed by atoms with E-state index in [1.807, 2.05) is 0 Å². The summed E-state index contributed by atoms with van der Waals surface area (Å²) in [5, 5.41) is 17.7. The molecule has 5 nitrogen and oxygen atoms in total. The van der Waals surface area contributed by atoms with E-state index < -0.39 is 11.9 Å². The first kappa shape index (κ1) is 13.9. The van der Waals surface area contributed by atoms with E-state index >= 15 is 0 Å². The molecule has 0 amide bonds. The van der Waals surface area contributed by atoms with Crippen LogP contribution in [0.1, 0.15) is 28.4 Å². The Bertz CT molecular complexity index is 478. The van der Waals surface area contributed by atoms with Gasteiger partial charge in [-0.15, -0.1) is 0 Å². The maximum atomic E-state index is 10.8. The van der Waals surface area contributed by atoms with E-state index in [9.17, 15) is 14.4 Å². The molecule has 0 bridgehead atoms. The van der Waals surface area contributed by atoms with Crippen LogP contribution in [0.5, 0.6) is 0 Å². The van der Waals surface area contributed by atoms with Crippen molar-refractivity contribution in [3.63, 3.8) is 0 Å². The van der Waals surface area contributed by atoms with E-state index in [0.29, 0.717) is 17.5 Å². The molecule has 0 aliphatic carbocycles. The second-order valence-electron chi connectivity index (χ2n) is 4.18. The number of hydrogen-bond donors (Lipinski definition) is 2. The Morgan fingerprint density at radius 3 is 2.44 bits per heavy atom. The third kappa shape index (κ3) is 3.69. The summed E-state index contributed by atoms with van der Waals surface area (Å²) < 4.78 is 0. The second-order valence-corrected chi connectivity index (χ2v) is 4.18. The quantitative estimate of drug-likeness (QED) is 0.744. The van der Waals surface area contributed by atoms with E-state index in [-0.39, 0.29) is 17.9 Å². The minimum Gasteiger partial charge on any atom is -0.481 e. The molecule has 1 atom stereocenters. The van der Waals surface area contributed by atoms with Crippen LogP contribution in [-0.4, -0.2) is 28.4 Å². The molecule has 0 spiro atoms. The number of carbonyl (C=O) groups excluding carboxylic acids is 1. The van der Waals surface area contributed by atoms with Gasteiger partial charge in [-0.2, -0.15) is 0 Å². The van der Waals surface area contributed by atoms with Gasteiger partial charge in [0.2, 0.25) is 0 Å². The number of benzene rings is 1. The van der Waals surface area contributed by atoms with E-state index in [2.05, 4.69) is 0 Å². The molecule has 0 aliphatic heterocycles. The van der Waals surface area contributed by atoms with Crippen LogP contribution in [-0.2, 0) is 22.4 Å². The van der Waals surface area contributed by atoms with Crippen LogP contribution in [0.4, 0.5) is 0 Å². The van der Waals surface area contributed by atoms with Crippen LogP contribution in [0, 0.1) is 5.92 Å². The number of aldehydes is 1. The molecule has 1 aromatic rings. The van der Waals surface area contributed by atoms with Crippen molar-refractivity contribution in [2.24, 2.45) is 5.92 Å². The molecule has 1 rings (SSSR count). The highest BCUT2D eigenvalue weighted by Gasteiger charge is 2.13. The zero-order valence-corrected chi connectivity index (χ0v) is 9.92. The predicted molar refractivity (Wildman–Crippen MR) is 63.7 cm³/mol. The molecule has 18 heavy (non-hydrogen) atoms. The predicted octanol–water partition coefficient (Wildman–Crippen LogP) is 1.39. The number of hydrogen-bond acceptors (Lipinski definition) is 3. The SMILES string of the molecule is CC(C=O)Cc1ccc(C(=O)O)cc1CC(=O)O. The molecule has 0 saturated carbocycles. The van der Waals surface area contributed by atoms with E-state index in [1.165, 1.54) is 12.1 Å². The van der Waals surface area contributed by atoms with Crippen LogP contribution in [0.15, 0.2) is 18.2 Å². The topological polar surface area (TPSA) is 91.7 Å². The minimum absolute atomic E-state index is 0.0498. The number of carboxylic acids is 2. The Morgan fingerprint density at radius 2 is 1.94 bits per heavy atom. The molecular formula is C13H14O5. The standard InChI is InChI=1S/C13H14O5/c1-8(7-14)4-9-2-3-10(13(17)18)5-11(9)6-12(15)16/h2-3,5,7-8H,4,6H2,1H3,(H,15,16)(H,17,18). The largest absolute Gasteiger partial charge is 0.481 e. The normalized spacial score (nSPS) is 11.8. The third-order valence-electron chi connectivity index (χ3n) is 2.57. The number of rotatable bonds is 6. The third-order valence-corrected chi connectivity index (χ3v) is 2.57. The summed E-state index contributed by atoms with van der Waals surface area (Å²) >= 11 is 0. The molecule has 0 radical (unpaired) electrons. The maximum Gasteiger partial charge on any atom is 0.335 e. The van der Waals surface area contributed by atoms with Crippen molar-refractivity contribution in [1.29, 1.82) is 0 Å². The Balaban J connectivity index is 3.11. The average Bonchev–Trinajstić information content (AvgIpc) is 2.30. The average molecular weight is 250 g/mol. The first-order chi connectivity index (χ1) is 8.43. The molecule has 1 unspecified atom stereocenters. The molecule has 5 heteroatoms. The first-order valence-corrected chi connectivity index (χ1v) is 5.46. The molecule has 0 aromatic heterocycles. The summed E-state index contributed by atoms with van der Waals surface area (Å²) in [4.78, 5) is 32.2. The lowest BCUT2D eigenvalue weighted by molar-refractivity contribution is -0.136. The number of aliphatic carboxylic acids is 1. The lowest BCUT2D eigenvalue weighted by atomic mass is 9.94. The highest BCUT2D eigenvalue weighted by molar-refractivity contribution is 5.88. The van der Waals surface area contributed by atoms with Gasteiger partial charge in [0.25, 0.3) is 0 Å². The van der Waals surface area contributed by atoms with Crippen molar-refractivity contribution in [1.82, 2.24) is 0 Å². The zero-order chi connectivity index (χ0) is 13.7. The molecule has 0 saturated heterocycles. The fourth-order valence-corrected chi connectivity index (χ4v) is 1.68. The monoisotopic (exact) mass is 250 g/mol. The Kier molecular flexibility index (Phi) is 4.59. The van der Waals surface area contributed by atoms with Crippen molar-refractivity contribution in [3.8, 4) is 0 Å². The van der Waals surface area contributed by atoms with Crippen molar-refractivity contribution in [2.75, 3.05) is 0 Å². The Hall–Kier alpha value is -2.17. The zero-order valence-electron chi connectivity index (χ0n) is 9.92. The molecule has 0 fully saturated rings. The van der Waals surface area contributed by atoms with Crippen molar-refractivity contribution >= 4 is 18.2 Å². The van der Waals surface area contributed by atoms with Gasteiger partial charge in [0, 0.05) is 5.92 Å². The van der Waals surface area contributed by atoms with Gasteiger partial charge in [0.05, 0.1) is 12.0 Å². The molecular weight excluding hydrogens is 236 g/mol. The van der Waals surface area contributed by atoms with Crippen LogP contribution < -0.4 is 0 Å². The van der Waals surface area contributed by atoms with E-state index in [0.717, 1.165) is 6.29 Å². The molecule has 0 heterocycles. The maximum absolute atomic E-state index is 10.8. The Labute approximate surface area is 104 Å². The van der Waals surface area contributed by atoms with Gasteiger partial charge >= 0.3 is 11.9 Å². The summed E-state index contributed by atoms with van der Waals surface area (Å²) in [5.74, 6) is -2.36. The van der Waals surface area contributed by atoms with Crippen LogP contribution in [0.3, 0.4) is 0 Å². The van der Waals surface area contributed by atoms with Crippen molar-refractivity contribution in [3.05, 3.63) is 34.9 Å².